The lowest BCUT2D eigenvalue weighted by Crippen LogP contribution is -2.27. The number of nitrogens with one attached hydrogen (secondary N) is 2. The number of carbonyl (C=O) groups is 1. The highest BCUT2D eigenvalue weighted by molar-refractivity contribution is 7.99. The van der Waals surface area contributed by atoms with Crippen molar-refractivity contribution in [1.82, 2.24) is 19.9 Å². The van der Waals surface area contributed by atoms with Crippen LogP contribution in [-0.4, -0.2) is 26.2 Å². The number of thioether (sulfide) groups is 1. The Morgan fingerprint density at radius 1 is 1.37 bits per heavy atom. The quantitative estimate of drug-likeness (QED) is 0.479. The third kappa shape index (κ3) is 4.63. The lowest BCUT2D eigenvalue weighted by Gasteiger charge is -2.13. The molecule has 144 valence electrons. The van der Waals surface area contributed by atoms with Crippen LogP contribution in [0.25, 0.3) is 11.0 Å². The zero-order chi connectivity index (χ0) is 19.6. The van der Waals surface area contributed by atoms with E-state index in [0.717, 1.165) is 11.5 Å². The van der Waals surface area contributed by atoms with E-state index in [1.54, 1.807) is 4.57 Å². The van der Waals surface area contributed by atoms with Gasteiger partial charge in [-0.25, -0.2) is 4.98 Å². The van der Waals surface area contributed by atoms with Crippen molar-refractivity contribution in [1.29, 1.82) is 0 Å². The minimum atomic E-state index is -0.134. The Hall–Kier alpha value is -2.48. The average Bonchev–Trinajstić information content (AvgIpc) is 3.18. The minimum Gasteiger partial charge on any atom is -0.465 e. The molecule has 0 aliphatic rings. The lowest BCUT2D eigenvalue weighted by molar-refractivity contribution is -0.118. The van der Waals surface area contributed by atoms with Gasteiger partial charge in [0.1, 0.15) is 17.0 Å². The van der Waals surface area contributed by atoms with Gasteiger partial charge < -0.3 is 14.7 Å². The number of nitrogens with zero attached hydrogens (tertiary/aromatic N) is 2. The molecule has 3 aromatic heterocycles. The summed E-state index contributed by atoms with van der Waals surface area (Å²) in [6.45, 7) is 8.74. The molecule has 7 nitrogen and oxygen atoms in total. The van der Waals surface area contributed by atoms with Gasteiger partial charge >= 0.3 is 0 Å². The second-order valence-corrected chi connectivity index (χ2v) is 7.94. The van der Waals surface area contributed by atoms with Crippen LogP contribution in [0.3, 0.4) is 0 Å². The highest BCUT2D eigenvalue weighted by Gasteiger charge is 2.15. The van der Waals surface area contributed by atoms with Crippen LogP contribution in [0.5, 0.6) is 0 Å². The zero-order valence-electron chi connectivity index (χ0n) is 16.0. The topological polar surface area (TPSA) is 92.9 Å². The van der Waals surface area contributed by atoms with E-state index in [-0.39, 0.29) is 23.1 Å². The molecular weight excluding hydrogens is 364 g/mol. The molecular formula is C19H24N4O3S. The van der Waals surface area contributed by atoms with Crippen molar-refractivity contribution in [2.24, 2.45) is 5.92 Å². The standard InChI is InChI=1S/C19H24N4O3S/c1-11(2)9-23-18(25)17-15(7-12(3)21-17)22-19(23)27-10-16(24)20-8-14-6-5-13(4)26-14/h5-7,11,21H,8-10H2,1-4H3,(H,20,24). The van der Waals surface area contributed by atoms with Crippen LogP contribution < -0.4 is 10.9 Å². The molecule has 2 N–H and O–H groups in total. The zero-order valence-corrected chi connectivity index (χ0v) is 16.8. The number of aryl methyl sites for hydroxylation is 2. The van der Waals surface area contributed by atoms with Gasteiger partial charge in [0, 0.05) is 12.2 Å². The first-order valence-corrected chi connectivity index (χ1v) is 9.87. The predicted octanol–water partition coefficient (Wildman–Crippen LogP) is 3.00. The van der Waals surface area contributed by atoms with Crippen molar-refractivity contribution in [2.75, 3.05) is 5.75 Å². The van der Waals surface area contributed by atoms with Crippen molar-refractivity contribution in [3.63, 3.8) is 0 Å². The van der Waals surface area contributed by atoms with Crippen LogP contribution >= 0.6 is 11.8 Å². The Morgan fingerprint density at radius 2 is 2.15 bits per heavy atom. The molecule has 0 aromatic carbocycles. The Bertz CT molecular complexity index is 1020. The molecule has 1 amide bonds. The molecule has 0 atom stereocenters. The summed E-state index contributed by atoms with van der Waals surface area (Å²) in [5.74, 6) is 1.85. The molecule has 3 heterocycles. The first-order valence-electron chi connectivity index (χ1n) is 8.88. The predicted molar refractivity (Wildman–Crippen MR) is 106 cm³/mol. The highest BCUT2D eigenvalue weighted by atomic mass is 32.2. The van der Waals surface area contributed by atoms with Gasteiger partial charge in [0.05, 0.1) is 17.8 Å². The number of aromatic amines is 1. The maximum absolute atomic E-state index is 12.8. The van der Waals surface area contributed by atoms with Crippen molar-refractivity contribution in [2.45, 2.75) is 45.9 Å². The Balaban J connectivity index is 1.74. The van der Waals surface area contributed by atoms with Crippen LogP contribution in [0.1, 0.15) is 31.1 Å². The lowest BCUT2D eigenvalue weighted by atomic mass is 10.2. The van der Waals surface area contributed by atoms with Gasteiger partial charge in [0.2, 0.25) is 5.91 Å². The largest absolute Gasteiger partial charge is 0.465 e. The van der Waals surface area contributed by atoms with Crippen LogP contribution in [-0.2, 0) is 17.9 Å². The summed E-state index contributed by atoms with van der Waals surface area (Å²) < 4.78 is 7.09. The van der Waals surface area contributed by atoms with Crippen LogP contribution in [0, 0.1) is 19.8 Å². The summed E-state index contributed by atoms with van der Waals surface area (Å²) in [5, 5.41) is 3.38. The number of furan rings is 1. The molecule has 0 spiro atoms. The van der Waals surface area contributed by atoms with Gasteiger partial charge in [-0.3, -0.25) is 14.2 Å². The van der Waals surface area contributed by atoms with E-state index in [1.807, 2.05) is 45.9 Å². The van der Waals surface area contributed by atoms with Crippen molar-refractivity contribution in [3.05, 3.63) is 45.8 Å². The first kappa shape index (κ1) is 19.3. The summed E-state index contributed by atoms with van der Waals surface area (Å²) >= 11 is 1.27. The van der Waals surface area contributed by atoms with Gasteiger partial charge in [-0.15, -0.1) is 0 Å². The number of hydrogen-bond donors (Lipinski definition) is 2. The van der Waals surface area contributed by atoms with Crippen LogP contribution in [0.4, 0.5) is 0 Å². The molecule has 0 bridgehead atoms. The molecule has 0 unspecified atom stereocenters. The fraction of sp³-hybridized carbons (Fsp3) is 0.421. The maximum Gasteiger partial charge on any atom is 0.278 e. The van der Waals surface area contributed by atoms with Gasteiger partial charge in [-0.05, 0) is 38.0 Å². The Labute approximate surface area is 161 Å². The monoisotopic (exact) mass is 388 g/mol. The molecule has 3 aromatic rings. The maximum atomic E-state index is 12.8. The summed E-state index contributed by atoms with van der Waals surface area (Å²) in [6.07, 6.45) is 0. The Kier molecular flexibility index (Phi) is 5.74. The van der Waals surface area contributed by atoms with E-state index in [0.29, 0.717) is 35.0 Å². The molecule has 0 aliphatic carbocycles. The van der Waals surface area contributed by atoms with E-state index in [9.17, 15) is 9.59 Å². The average molecular weight is 388 g/mol. The van der Waals surface area contributed by atoms with E-state index in [2.05, 4.69) is 15.3 Å². The second-order valence-electron chi connectivity index (χ2n) is 6.99. The number of rotatable bonds is 7. The third-order valence-electron chi connectivity index (χ3n) is 3.97. The van der Waals surface area contributed by atoms with Gasteiger partial charge in [0.15, 0.2) is 5.16 Å². The van der Waals surface area contributed by atoms with E-state index in [4.69, 9.17) is 4.42 Å². The number of fused-ring (bicyclic) bond motifs is 1. The van der Waals surface area contributed by atoms with Crippen LogP contribution in [0.15, 0.2) is 32.6 Å². The fourth-order valence-electron chi connectivity index (χ4n) is 2.79. The van der Waals surface area contributed by atoms with Gasteiger partial charge in [-0.1, -0.05) is 25.6 Å². The third-order valence-corrected chi connectivity index (χ3v) is 4.95. The van der Waals surface area contributed by atoms with Gasteiger partial charge in [-0.2, -0.15) is 0 Å². The number of carbonyl (C=O) groups excluding carboxylic acids is 1. The Morgan fingerprint density at radius 3 is 2.81 bits per heavy atom. The summed E-state index contributed by atoms with van der Waals surface area (Å²) in [5.41, 5.74) is 1.93. The fourth-order valence-corrected chi connectivity index (χ4v) is 3.63. The number of H-pyrrole nitrogens is 1. The van der Waals surface area contributed by atoms with E-state index < -0.39 is 0 Å². The number of aromatic nitrogens is 3. The van der Waals surface area contributed by atoms with Crippen molar-refractivity contribution in [3.8, 4) is 0 Å². The number of hydrogen-bond acceptors (Lipinski definition) is 5. The normalized spacial score (nSPS) is 11.4. The molecule has 3 rings (SSSR count). The highest BCUT2D eigenvalue weighted by Crippen LogP contribution is 2.19. The minimum absolute atomic E-state index is 0.101. The molecule has 0 radical (unpaired) electrons. The van der Waals surface area contributed by atoms with Crippen molar-refractivity contribution < 1.29 is 9.21 Å². The summed E-state index contributed by atoms with van der Waals surface area (Å²) in [7, 11) is 0. The molecule has 0 saturated carbocycles. The molecule has 0 fully saturated rings. The van der Waals surface area contributed by atoms with Crippen LogP contribution in [0.2, 0.25) is 0 Å². The summed E-state index contributed by atoms with van der Waals surface area (Å²) in [6, 6.07) is 5.55. The molecule has 8 heteroatoms. The molecule has 0 aliphatic heterocycles. The summed E-state index contributed by atoms with van der Waals surface area (Å²) in [4.78, 5) is 32.7. The SMILES string of the molecule is Cc1cc2nc(SCC(=O)NCc3ccc(C)o3)n(CC(C)C)c(=O)c2[nH]1. The molecule has 27 heavy (non-hydrogen) atoms. The van der Waals surface area contributed by atoms with E-state index in [1.165, 1.54) is 11.8 Å². The van der Waals surface area contributed by atoms with E-state index >= 15 is 0 Å². The first-order chi connectivity index (χ1) is 12.8. The van der Waals surface area contributed by atoms with Crippen molar-refractivity contribution >= 4 is 28.7 Å². The smallest absolute Gasteiger partial charge is 0.278 e. The number of amides is 1. The second kappa shape index (κ2) is 8.04. The molecule has 0 saturated heterocycles. The van der Waals surface area contributed by atoms with Gasteiger partial charge in [0.25, 0.3) is 5.56 Å².